The fourth-order valence-corrected chi connectivity index (χ4v) is 7.50. The average Bonchev–Trinajstić information content (AvgIpc) is 4.10. The lowest BCUT2D eigenvalue weighted by atomic mass is 10.2. The van der Waals surface area contributed by atoms with E-state index >= 15 is 0 Å². The third-order valence-electron chi connectivity index (χ3n) is 10.6. The van der Waals surface area contributed by atoms with Crippen LogP contribution in [0.15, 0.2) is 135 Å². The van der Waals surface area contributed by atoms with E-state index in [9.17, 15) is 9.59 Å². The molecule has 10 rings (SSSR count). The summed E-state index contributed by atoms with van der Waals surface area (Å²) in [7, 11) is 0. The molecule has 15 heteroatoms. The number of para-hydroxylation sites is 2. The second kappa shape index (κ2) is 19.2. The van der Waals surface area contributed by atoms with Crippen molar-refractivity contribution < 1.29 is 14.7 Å². The van der Waals surface area contributed by atoms with Crippen LogP contribution >= 0.6 is 0 Å². The third-order valence-corrected chi connectivity index (χ3v) is 10.6. The molecule has 0 unspecified atom stereocenters. The molecule has 0 aliphatic carbocycles. The molecule has 0 saturated carbocycles. The van der Waals surface area contributed by atoms with Crippen molar-refractivity contribution >= 4 is 34.5 Å². The molecule has 2 aromatic carbocycles. The van der Waals surface area contributed by atoms with E-state index in [1.165, 1.54) is 6.07 Å². The van der Waals surface area contributed by atoms with E-state index in [2.05, 4.69) is 56.2 Å². The Morgan fingerprint density at radius 3 is 1.66 bits per heavy atom. The molecule has 6 aromatic heterocycles. The van der Waals surface area contributed by atoms with Gasteiger partial charge in [-0.3, -0.25) is 4.79 Å². The van der Waals surface area contributed by atoms with Crippen LogP contribution in [0.2, 0.25) is 0 Å². The number of carbonyl (C=O) groups excluding carboxylic acids is 1. The van der Waals surface area contributed by atoms with Gasteiger partial charge in [-0.05, 0) is 86.3 Å². The Hall–Kier alpha value is -7.26. The molecule has 1 amide bonds. The van der Waals surface area contributed by atoms with Gasteiger partial charge in [0.25, 0.3) is 5.91 Å². The van der Waals surface area contributed by atoms with Crippen LogP contribution in [-0.2, 0) is 0 Å². The van der Waals surface area contributed by atoms with E-state index in [1.54, 1.807) is 21.6 Å². The first-order chi connectivity index (χ1) is 28.7. The van der Waals surface area contributed by atoms with Gasteiger partial charge in [-0.1, -0.05) is 51.3 Å². The fourth-order valence-electron chi connectivity index (χ4n) is 7.50. The van der Waals surface area contributed by atoms with Crippen LogP contribution in [0.4, 0.5) is 11.6 Å². The molecule has 0 bridgehead atoms. The SMILES string of the molecule is C.C.Cc1ccccc1-n1ccc(C(=O)N[C@H]2CCN(c3nccn4cccc34)C2)n1.Cc1ccccc1-n1ccc(C(=O)O)n1.N[C@H]1CCN(c2nccn3cccc23)C1. The minimum Gasteiger partial charge on any atom is -0.476 e. The number of nitrogens with two attached hydrogens (primary N) is 1. The monoisotopic (exact) mass is 822 g/mol. The van der Waals surface area contributed by atoms with Crippen LogP contribution in [-0.4, -0.2) is 93.6 Å². The fraction of sp³-hybridized carbons (Fsp3) is 0.261. The summed E-state index contributed by atoms with van der Waals surface area (Å²) in [5.41, 5.74) is 12.7. The smallest absolute Gasteiger partial charge is 0.356 e. The van der Waals surface area contributed by atoms with Crippen LogP contribution in [0.1, 0.15) is 59.8 Å². The second-order valence-electron chi connectivity index (χ2n) is 14.7. The zero-order valence-corrected chi connectivity index (χ0v) is 32.9. The maximum Gasteiger partial charge on any atom is 0.356 e. The highest BCUT2D eigenvalue weighted by Crippen LogP contribution is 2.25. The number of benzene rings is 2. The highest BCUT2D eigenvalue weighted by molar-refractivity contribution is 5.92. The molecule has 15 nitrogen and oxygen atoms in total. The van der Waals surface area contributed by atoms with E-state index in [0.717, 1.165) is 84.2 Å². The van der Waals surface area contributed by atoms with Crippen LogP contribution in [0.3, 0.4) is 0 Å². The Labute approximate surface area is 355 Å². The molecule has 2 fully saturated rings. The third kappa shape index (κ3) is 9.63. The molecule has 316 valence electrons. The Morgan fingerprint density at radius 1 is 0.639 bits per heavy atom. The zero-order valence-electron chi connectivity index (χ0n) is 32.9. The number of hydrogen-bond donors (Lipinski definition) is 3. The lowest BCUT2D eigenvalue weighted by Gasteiger charge is -2.18. The number of hydrogen-bond acceptors (Lipinski definition) is 9. The number of rotatable bonds is 7. The summed E-state index contributed by atoms with van der Waals surface area (Å²) in [6.45, 7) is 7.51. The quantitative estimate of drug-likeness (QED) is 0.154. The molecule has 2 aliphatic rings. The summed E-state index contributed by atoms with van der Waals surface area (Å²) < 4.78 is 7.47. The predicted molar refractivity (Wildman–Crippen MR) is 240 cm³/mol. The van der Waals surface area contributed by atoms with Crippen molar-refractivity contribution in [3.63, 3.8) is 0 Å². The first kappa shape index (κ1) is 43.3. The number of aromatic nitrogens is 8. The topological polar surface area (TPSA) is 169 Å². The van der Waals surface area contributed by atoms with Crippen molar-refractivity contribution in [1.29, 1.82) is 0 Å². The summed E-state index contributed by atoms with van der Waals surface area (Å²) in [5, 5.41) is 20.3. The zero-order chi connectivity index (χ0) is 40.9. The molecule has 2 saturated heterocycles. The van der Waals surface area contributed by atoms with E-state index in [0.29, 0.717) is 11.7 Å². The number of aromatic carboxylic acids is 1. The van der Waals surface area contributed by atoms with Gasteiger partial charge in [0, 0.05) is 87.8 Å². The Bertz CT molecular complexity index is 2710. The van der Waals surface area contributed by atoms with Gasteiger partial charge >= 0.3 is 5.97 Å². The Kier molecular flexibility index (Phi) is 13.6. The molecule has 0 radical (unpaired) electrons. The minimum atomic E-state index is -1.01. The number of carboxylic acids is 1. The van der Waals surface area contributed by atoms with E-state index in [1.807, 2.05) is 118 Å². The summed E-state index contributed by atoms with van der Waals surface area (Å²) in [6.07, 6.45) is 17.0. The number of amides is 1. The first-order valence-corrected chi connectivity index (χ1v) is 19.6. The second-order valence-corrected chi connectivity index (χ2v) is 14.7. The summed E-state index contributed by atoms with van der Waals surface area (Å²) in [6, 6.07) is 27.5. The Balaban J connectivity index is 0.000000165. The lowest BCUT2D eigenvalue weighted by Crippen LogP contribution is -2.37. The van der Waals surface area contributed by atoms with Crippen LogP contribution in [0, 0.1) is 13.8 Å². The highest BCUT2D eigenvalue weighted by Gasteiger charge is 2.27. The van der Waals surface area contributed by atoms with Crippen LogP contribution < -0.4 is 20.9 Å². The molecule has 8 aromatic rings. The molecule has 8 heterocycles. The number of aryl methyl sites for hydroxylation is 2. The molecule has 61 heavy (non-hydrogen) atoms. The number of carboxylic acid groups (broad SMARTS) is 1. The van der Waals surface area contributed by atoms with E-state index in [-0.39, 0.29) is 32.5 Å². The lowest BCUT2D eigenvalue weighted by molar-refractivity contribution is 0.0689. The van der Waals surface area contributed by atoms with Crippen molar-refractivity contribution in [2.75, 3.05) is 36.0 Å². The van der Waals surface area contributed by atoms with Crippen molar-refractivity contribution in [3.05, 3.63) is 157 Å². The van der Waals surface area contributed by atoms with Gasteiger partial charge in [0.2, 0.25) is 0 Å². The minimum absolute atomic E-state index is 0. The number of nitrogens with one attached hydrogen (secondary N) is 1. The maximum absolute atomic E-state index is 12.7. The maximum atomic E-state index is 12.7. The number of carbonyl (C=O) groups is 2. The normalized spacial score (nSPS) is 15.6. The largest absolute Gasteiger partial charge is 0.476 e. The van der Waals surface area contributed by atoms with Crippen molar-refractivity contribution in [3.8, 4) is 11.4 Å². The number of fused-ring (bicyclic) bond motifs is 2. The van der Waals surface area contributed by atoms with Crippen molar-refractivity contribution in [2.45, 2.75) is 53.6 Å². The van der Waals surface area contributed by atoms with Crippen molar-refractivity contribution in [2.24, 2.45) is 5.73 Å². The van der Waals surface area contributed by atoms with Gasteiger partial charge in [-0.25, -0.2) is 24.1 Å². The van der Waals surface area contributed by atoms with Crippen LogP contribution in [0.25, 0.3) is 22.4 Å². The number of nitrogens with zero attached hydrogens (tertiary/aromatic N) is 10. The first-order valence-electron chi connectivity index (χ1n) is 19.6. The summed E-state index contributed by atoms with van der Waals surface area (Å²) in [5.74, 6) is 0.855. The molecular weight excluding hydrogens is 769 g/mol. The predicted octanol–water partition coefficient (Wildman–Crippen LogP) is 6.86. The van der Waals surface area contributed by atoms with Crippen LogP contribution in [0.5, 0.6) is 0 Å². The molecular formula is C46H54N12O3. The van der Waals surface area contributed by atoms with Gasteiger partial charge in [0.15, 0.2) is 23.0 Å². The van der Waals surface area contributed by atoms with Gasteiger partial charge in [0.05, 0.1) is 22.4 Å². The van der Waals surface area contributed by atoms with E-state index < -0.39 is 5.97 Å². The van der Waals surface area contributed by atoms with E-state index in [4.69, 9.17) is 10.8 Å². The van der Waals surface area contributed by atoms with Crippen molar-refractivity contribution in [1.82, 2.24) is 43.6 Å². The molecule has 4 N–H and O–H groups in total. The van der Waals surface area contributed by atoms with Gasteiger partial charge in [-0.2, -0.15) is 10.2 Å². The van der Waals surface area contributed by atoms with Gasteiger partial charge < -0.3 is 34.8 Å². The molecule has 2 atom stereocenters. The molecule has 2 aliphatic heterocycles. The Morgan fingerprint density at radius 2 is 1.15 bits per heavy atom. The average molecular weight is 823 g/mol. The van der Waals surface area contributed by atoms with Gasteiger partial charge in [-0.15, -0.1) is 0 Å². The molecule has 0 spiro atoms. The standard InChI is InChI=1S/C22H22N6O.C11H14N4.C11H10N2O2.2CH4/c1-16-5-2-3-6-19(16)28-13-9-18(25-28)22(29)24-17-8-12-27(15-17)21-20-7-4-11-26(20)14-10-23-21;12-9-3-6-15(8-9)11-10-2-1-5-14(10)7-4-13-11;1-8-4-2-3-5-10(8)13-7-6-9(12-13)11(14)15;;/h2-7,9-11,13-14,17H,8,12,15H2,1H3,(H,24,29);1-2,4-5,7,9H,3,6,8,12H2;2-7H,1H3,(H,14,15);2*1H4/t17-;9-;;;/m00.../s1. The number of anilines is 2. The van der Waals surface area contributed by atoms with Gasteiger partial charge in [0.1, 0.15) is 0 Å². The summed E-state index contributed by atoms with van der Waals surface area (Å²) >= 11 is 0. The summed E-state index contributed by atoms with van der Waals surface area (Å²) in [4.78, 5) is 36.9. The highest BCUT2D eigenvalue weighted by atomic mass is 16.4.